The summed E-state index contributed by atoms with van der Waals surface area (Å²) in [5.41, 5.74) is 1.28. The molecule has 4 heteroatoms. The summed E-state index contributed by atoms with van der Waals surface area (Å²) < 4.78 is 5.61. The van der Waals surface area contributed by atoms with Gasteiger partial charge in [-0.05, 0) is 31.6 Å². The highest BCUT2D eigenvalue weighted by molar-refractivity contribution is 7.11. The van der Waals surface area contributed by atoms with E-state index in [2.05, 4.69) is 26.1 Å². The molecule has 0 radical (unpaired) electrons. The Morgan fingerprint density at radius 2 is 2.21 bits per heavy atom. The topological polar surface area (TPSA) is 34.1 Å². The fraction of sp³-hybridized carbons (Fsp3) is 0.800. The number of aromatic nitrogens is 1. The standard InChI is InChI=1S/C15H26N2OS/c1-4-7-18-10-15-17-13(8-11(2)3)14(19-15)9-16-12-5-6-12/h11-12,16H,4-10H2,1-3H3. The van der Waals surface area contributed by atoms with Crippen LogP contribution in [0, 0.1) is 5.92 Å². The molecule has 1 aliphatic carbocycles. The maximum absolute atomic E-state index is 5.61. The van der Waals surface area contributed by atoms with Gasteiger partial charge in [-0.1, -0.05) is 20.8 Å². The van der Waals surface area contributed by atoms with Gasteiger partial charge in [-0.25, -0.2) is 4.98 Å². The maximum atomic E-state index is 5.61. The molecule has 1 fully saturated rings. The van der Waals surface area contributed by atoms with Crippen molar-refractivity contribution in [3.05, 3.63) is 15.6 Å². The summed E-state index contributed by atoms with van der Waals surface area (Å²) in [6, 6.07) is 0.758. The first-order chi connectivity index (χ1) is 9.19. The second kappa shape index (κ2) is 7.36. The van der Waals surface area contributed by atoms with Crippen LogP contribution in [0.2, 0.25) is 0 Å². The van der Waals surface area contributed by atoms with Crippen molar-refractivity contribution in [1.82, 2.24) is 10.3 Å². The first-order valence-corrected chi connectivity index (χ1v) is 8.29. The summed E-state index contributed by atoms with van der Waals surface area (Å²) in [5, 5.41) is 4.73. The number of nitrogens with one attached hydrogen (secondary N) is 1. The van der Waals surface area contributed by atoms with Gasteiger partial charge in [-0.2, -0.15) is 0 Å². The maximum Gasteiger partial charge on any atom is 0.119 e. The van der Waals surface area contributed by atoms with Crippen LogP contribution in [0.25, 0.3) is 0 Å². The molecule has 1 aliphatic rings. The SMILES string of the molecule is CCCOCc1nc(CC(C)C)c(CNC2CC2)s1. The number of ether oxygens (including phenoxy) is 1. The minimum absolute atomic E-state index is 0.659. The van der Waals surface area contributed by atoms with Crippen LogP contribution in [-0.2, 0) is 24.3 Å². The summed E-state index contributed by atoms with van der Waals surface area (Å²) in [6.45, 7) is 9.13. The zero-order chi connectivity index (χ0) is 13.7. The quantitative estimate of drug-likeness (QED) is 0.704. The molecule has 0 atom stereocenters. The second-order valence-corrected chi connectivity index (χ2v) is 6.95. The van der Waals surface area contributed by atoms with Gasteiger partial charge in [-0.3, -0.25) is 0 Å². The average Bonchev–Trinajstić information content (AvgIpc) is 3.10. The van der Waals surface area contributed by atoms with Gasteiger partial charge < -0.3 is 10.1 Å². The van der Waals surface area contributed by atoms with E-state index in [1.165, 1.54) is 23.4 Å². The van der Waals surface area contributed by atoms with Gasteiger partial charge in [0.15, 0.2) is 0 Å². The third-order valence-corrected chi connectivity index (χ3v) is 4.20. The molecule has 0 unspecified atom stereocenters. The van der Waals surface area contributed by atoms with Crippen LogP contribution in [0.15, 0.2) is 0 Å². The van der Waals surface area contributed by atoms with Crippen molar-refractivity contribution in [1.29, 1.82) is 0 Å². The molecule has 1 heterocycles. The lowest BCUT2D eigenvalue weighted by Crippen LogP contribution is -2.15. The molecule has 0 saturated heterocycles. The second-order valence-electron chi connectivity index (χ2n) is 5.78. The molecule has 0 spiro atoms. The van der Waals surface area contributed by atoms with E-state index in [1.54, 1.807) is 0 Å². The Labute approximate surface area is 120 Å². The van der Waals surface area contributed by atoms with Crippen molar-refractivity contribution >= 4 is 11.3 Å². The van der Waals surface area contributed by atoms with Crippen LogP contribution < -0.4 is 5.32 Å². The summed E-state index contributed by atoms with van der Waals surface area (Å²) in [7, 11) is 0. The van der Waals surface area contributed by atoms with Crippen LogP contribution >= 0.6 is 11.3 Å². The minimum atomic E-state index is 0.659. The van der Waals surface area contributed by atoms with Crippen LogP contribution in [0.3, 0.4) is 0 Å². The number of hydrogen-bond acceptors (Lipinski definition) is 4. The zero-order valence-corrected chi connectivity index (χ0v) is 13.2. The Kier molecular flexibility index (Phi) is 5.79. The molecule has 0 amide bonds. The smallest absolute Gasteiger partial charge is 0.119 e. The molecule has 3 nitrogen and oxygen atoms in total. The van der Waals surface area contributed by atoms with E-state index in [0.29, 0.717) is 12.5 Å². The average molecular weight is 282 g/mol. The highest BCUT2D eigenvalue weighted by Crippen LogP contribution is 2.25. The van der Waals surface area contributed by atoms with E-state index in [4.69, 9.17) is 9.72 Å². The van der Waals surface area contributed by atoms with Crippen LogP contribution in [-0.4, -0.2) is 17.6 Å². The van der Waals surface area contributed by atoms with Gasteiger partial charge in [0.25, 0.3) is 0 Å². The number of thiazole rings is 1. The molecule has 1 N–H and O–H groups in total. The minimum Gasteiger partial charge on any atom is -0.374 e. The number of rotatable bonds is 9. The van der Waals surface area contributed by atoms with Crippen LogP contribution in [0.1, 0.15) is 55.6 Å². The highest BCUT2D eigenvalue weighted by Gasteiger charge is 2.21. The van der Waals surface area contributed by atoms with Gasteiger partial charge in [0, 0.05) is 24.1 Å². The van der Waals surface area contributed by atoms with Crippen molar-refractivity contribution in [3.63, 3.8) is 0 Å². The van der Waals surface area contributed by atoms with E-state index in [-0.39, 0.29) is 0 Å². The third-order valence-electron chi connectivity index (χ3n) is 3.13. The predicted molar refractivity (Wildman–Crippen MR) is 80.5 cm³/mol. The van der Waals surface area contributed by atoms with Crippen molar-refractivity contribution < 1.29 is 4.74 Å². The third kappa shape index (κ3) is 5.21. The van der Waals surface area contributed by atoms with E-state index in [9.17, 15) is 0 Å². The summed E-state index contributed by atoms with van der Waals surface area (Å²) >= 11 is 1.82. The van der Waals surface area contributed by atoms with Gasteiger partial charge in [0.1, 0.15) is 5.01 Å². The summed E-state index contributed by atoms with van der Waals surface area (Å²) in [6.07, 6.45) is 4.82. The molecular weight excluding hydrogens is 256 g/mol. The fourth-order valence-electron chi connectivity index (χ4n) is 2.01. The predicted octanol–water partition coefficient (Wildman–Crippen LogP) is 3.52. The van der Waals surface area contributed by atoms with Gasteiger partial charge in [0.05, 0.1) is 12.3 Å². The van der Waals surface area contributed by atoms with Crippen LogP contribution in [0.4, 0.5) is 0 Å². The number of nitrogens with zero attached hydrogens (tertiary/aromatic N) is 1. The molecule has 108 valence electrons. The highest BCUT2D eigenvalue weighted by atomic mass is 32.1. The van der Waals surface area contributed by atoms with E-state index in [0.717, 1.165) is 37.0 Å². The molecule has 1 aromatic rings. The van der Waals surface area contributed by atoms with E-state index in [1.807, 2.05) is 11.3 Å². The Balaban J connectivity index is 1.94. The molecule has 1 aromatic heterocycles. The molecular formula is C15H26N2OS. The molecule has 0 bridgehead atoms. The molecule has 19 heavy (non-hydrogen) atoms. The lowest BCUT2D eigenvalue weighted by Gasteiger charge is -2.05. The Hall–Kier alpha value is -0.450. The largest absolute Gasteiger partial charge is 0.374 e. The lowest BCUT2D eigenvalue weighted by atomic mass is 10.1. The Morgan fingerprint density at radius 1 is 1.42 bits per heavy atom. The Morgan fingerprint density at radius 3 is 2.84 bits per heavy atom. The zero-order valence-electron chi connectivity index (χ0n) is 12.4. The monoisotopic (exact) mass is 282 g/mol. The molecule has 0 aliphatic heterocycles. The van der Waals surface area contributed by atoms with Crippen molar-refractivity contribution in [3.8, 4) is 0 Å². The fourth-order valence-corrected chi connectivity index (χ4v) is 3.00. The normalized spacial score (nSPS) is 15.4. The van der Waals surface area contributed by atoms with E-state index < -0.39 is 0 Å². The first-order valence-electron chi connectivity index (χ1n) is 7.47. The Bertz CT molecular complexity index is 385. The van der Waals surface area contributed by atoms with Crippen molar-refractivity contribution in [2.75, 3.05) is 6.61 Å². The molecule has 2 rings (SSSR count). The lowest BCUT2D eigenvalue weighted by molar-refractivity contribution is 0.121. The molecule has 1 saturated carbocycles. The van der Waals surface area contributed by atoms with Crippen molar-refractivity contribution in [2.45, 2.75) is 65.6 Å². The van der Waals surface area contributed by atoms with Crippen molar-refractivity contribution in [2.24, 2.45) is 5.92 Å². The van der Waals surface area contributed by atoms with Gasteiger partial charge in [0.2, 0.25) is 0 Å². The van der Waals surface area contributed by atoms with E-state index >= 15 is 0 Å². The summed E-state index contributed by atoms with van der Waals surface area (Å²) in [5.74, 6) is 0.659. The van der Waals surface area contributed by atoms with Gasteiger partial charge >= 0.3 is 0 Å². The molecule has 0 aromatic carbocycles. The number of hydrogen-bond donors (Lipinski definition) is 1. The van der Waals surface area contributed by atoms with Gasteiger partial charge in [-0.15, -0.1) is 11.3 Å². The summed E-state index contributed by atoms with van der Waals surface area (Å²) in [4.78, 5) is 6.19. The first kappa shape index (κ1) is 14.9. The van der Waals surface area contributed by atoms with Crippen LogP contribution in [0.5, 0.6) is 0 Å².